The fourth-order valence-corrected chi connectivity index (χ4v) is 4.77. The predicted octanol–water partition coefficient (Wildman–Crippen LogP) is 4.96. The first-order valence-corrected chi connectivity index (χ1v) is 11.3. The summed E-state index contributed by atoms with van der Waals surface area (Å²) in [6.45, 7) is 2.19. The molecule has 0 radical (unpaired) electrons. The summed E-state index contributed by atoms with van der Waals surface area (Å²) in [6.07, 6.45) is 0. The Hall–Kier alpha value is -3.82. The van der Waals surface area contributed by atoms with E-state index in [1.165, 1.54) is 6.07 Å². The lowest BCUT2D eigenvalue weighted by Gasteiger charge is -2.28. The number of hydrogen-bond acceptors (Lipinski definition) is 7. The first-order valence-electron chi connectivity index (χ1n) is 10.5. The van der Waals surface area contributed by atoms with Crippen molar-refractivity contribution in [3.05, 3.63) is 82.4 Å². The van der Waals surface area contributed by atoms with E-state index in [4.69, 9.17) is 4.74 Å². The van der Waals surface area contributed by atoms with Crippen molar-refractivity contribution in [2.45, 2.75) is 0 Å². The highest BCUT2D eigenvalue weighted by atomic mass is 32.1. The van der Waals surface area contributed by atoms with Crippen LogP contribution in [0, 0.1) is 10.1 Å². The number of benzene rings is 3. The number of amides is 1. The quantitative estimate of drug-likeness (QED) is 0.334. The zero-order valence-electron chi connectivity index (χ0n) is 17.6. The second-order valence-corrected chi connectivity index (χ2v) is 8.61. The summed E-state index contributed by atoms with van der Waals surface area (Å²) in [5.74, 6) is -0.409. The molecule has 9 heteroatoms. The van der Waals surface area contributed by atoms with Crippen LogP contribution in [0.2, 0.25) is 0 Å². The number of aromatic nitrogens is 1. The maximum atomic E-state index is 12.9. The average molecular weight is 461 g/mol. The highest BCUT2D eigenvalue weighted by Gasteiger charge is 2.23. The number of carbonyl (C=O) groups excluding carboxylic acids is 1. The average Bonchev–Trinajstić information content (AvgIpc) is 3.29. The number of morpholine rings is 1. The normalized spacial score (nSPS) is 13.8. The number of anilines is 2. The van der Waals surface area contributed by atoms with Gasteiger partial charge in [-0.25, -0.2) is 4.98 Å². The van der Waals surface area contributed by atoms with E-state index in [2.05, 4.69) is 10.3 Å². The van der Waals surface area contributed by atoms with Crippen LogP contribution in [-0.4, -0.2) is 42.1 Å². The highest BCUT2D eigenvalue weighted by molar-refractivity contribution is 7.21. The van der Waals surface area contributed by atoms with E-state index >= 15 is 0 Å². The van der Waals surface area contributed by atoms with Crippen molar-refractivity contribution in [3.63, 3.8) is 0 Å². The van der Waals surface area contributed by atoms with E-state index in [0.717, 1.165) is 20.8 Å². The number of ether oxygens (including phenoxy) is 1. The van der Waals surface area contributed by atoms with E-state index < -0.39 is 10.8 Å². The van der Waals surface area contributed by atoms with Crippen LogP contribution >= 0.6 is 11.3 Å². The van der Waals surface area contributed by atoms with Gasteiger partial charge in [-0.3, -0.25) is 14.9 Å². The zero-order chi connectivity index (χ0) is 22.8. The number of thiazole rings is 1. The van der Waals surface area contributed by atoms with Gasteiger partial charge in [-0.15, -0.1) is 11.3 Å². The van der Waals surface area contributed by atoms with Gasteiger partial charge in [0, 0.05) is 36.0 Å². The molecule has 0 saturated carbocycles. The van der Waals surface area contributed by atoms with Crippen molar-refractivity contribution < 1.29 is 14.5 Å². The molecule has 1 aliphatic rings. The first-order chi connectivity index (χ1) is 16.1. The van der Waals surface area contributed by atoms with Crippen LogP contribution in [0.15, 0.2) is 66.7 Å². The van der Waals surface area contributed by atoms with E-state index in [1.54, 1.807) is 29.5 Å². The molecule has 0 spiro atoms. The van der Waals surface area contributed by atoms with Crippen LogP contribution in [-0.2, 0) is 4.74 Å². The van der Waals surface area contributed by atoms with Crippen molar-refractivity contribution >= 4 is 44.5 Å². The minimum Gasteiger partial charge on any atom is -0.378 e. The van der Waals surface area contributed by atoms with E-state index in [9.17, 15) is 14.9 Å². The summed E-state index contributed by atoms with van der Waals surface area (Å²) >= 11 is 1.58. The molecule has 1 fully saturated rings. The fourth-order valence-electron chi connectivity index (χ4n) is 3.81. The Morgan fingerprint density at radius 1 is 1.06 bits per heavy atom. The van der Waals surface area contributed by atoms with Gasteiger partial charge in [0.2, 0.25) is 0 Å². The number of carbonyl (C=O) groups is 1. The monoisotopic (exact) mass is 460 g/mol. The van der Waals surface area contributed by atoms with Gasteiger partial charge in [0.1, 0.15) is 10.7 Å². The lowest BCUT2D eigenvalue weighted by Crippen LogP contribution is -2.36. The molecule has 3 aromatic carbocycles. The molecular formula is C24H20N4O4S. The van der Waals surface area contributed by atoms with Crippen molar-refractivity contribution in [2.24, 2.45) is 0 Å². The molecule has 1 aliphatic heterocycles. The predicted molar refractivity (Wildman–Crippen MR) is 129 cm³/mol. The van der Waals surface area contributed by atoms with Crippen molar-refractivity contribution in [2.75, 3.05) is 36.5 Å². The molecular weight excluding hydrogens is 440 g/mol. The third-order valence-corrected chi connectivity index (χ3v) is 6.53. The summed E-state index contributed by atoms with van der Waals surface area (Å²) in [4.78, 5) is 30.7. The van der Waals surface area contributed by atoms with Crippen molar-refractivity contribution in [1.82, 2.24) is 4.98 Å². The molecule has 1 aromatic heterocycles. The van der Waals surface area contributed by atoms with Crippen molar-refractivity contribution in [3.8, 4) is 10.6 Å². The number of hydrogen-bond donors (Lipinski definition) is 1. The molecule has 4 aromatic rings. The molecule has 1 N–H and O–H groups in total. The minimum atomic E-state index is -0.449. The Labute approximate surface area is 193 Å². The van der Waals surface area contributed by atoms with E-state index in [-0.39, 0.29) is 11.3 Å². The Morgan fingerprint density at radius 2 is 1.88 bits per heavy atom. The highest BCUT2D eigenvalue weighted by Crippen LogP contribution is 2.32. The first kappa shape index (κ1) is 21.0. The Bertz CT molecular complexity index is 1310. The molecule has 5 rings (SSSR count). The van der Waals surface area contributed by atoms with E-state index in [1.807, 2.05) is 47.4 Å². The maximum Gasteiger partial charge on any atom is 0.293 e. The number of nitro groups is 1. The van der Waals surface area contributed by atoms with Crippen molar-refractivity contribution in [1.29, 1.82) is 0 Å². The van der Waals surface area contributed by atoms with Crippen LogP contribution in [0.5, 0.6) is 0 Å². The lowest BCUT2D eigenvalue weighted by molar-refractivity contribution is -0.384. The maximum absolute atomic E-state index is 12.9. The topological polar surface area (TPSA) is 97.6 Å². The molecule has 1 amide bonds. The molecule has 0 aliphatic carbocycles. The van der Waals surface area contributed by atoms with Crippen LogP contribution in [0.1, 0.15) is 10.4 Å². The zero-order valence-corrected chi connectivity index (χ0v) is 18.4. The van der Waals surface area contributed by atoms with Crippen LogP contribution in [0.25, 0.3) is 20.8 Å². The van der Waals surface area contributed by atoms with Gasteiger partial charge in [-0.2, -0.15) is 0 Å². The standard InChI is InChI=1S/C24H20N4O4S/c29-23(16-8-9-20(21(15-16)28(30)31)27-10-12-32-13-11-27)25-18-5-3-4-17(14-18)24-26-19-6-1-2-7-22(19)33-24/h1-9,14-15H,10-13H2,(H,25,29). The number of nitrogens with one attached hydrogen (secondary N) is 1. The van der Waals surface area contributed by atoms with Gasteiger partial charge in [-0.1, -0.05) is 24.3 Å². The Morgan fingerprint density at radius 3 is 2.67 bits per heavy atom. The Balaban J connectivity index is 1.38. The fraction of sp³-hybridized carbons (Fsp3) is 0.167. The number of nitrogens with zero attached hydrogens (tertiary/aromatic N) is 3. The molecule has 0 bridgehead atoms. The van der Waals surface area contributed by atoms with Crippen LogP contribution in [0.3, 0.4) is 0 Å². The molecule has 8 nitrogen and oxygen atoms in total. The Kier molecular flexibility index (Phi) is 5.72. The van der Waals surface area contributed by atoms with Gasteiger partial charge < -0.3 is 15.0 Å². The summed E-state index contributed by atoms with van der Waals surface area (Å²) < 4.78 is 6.42. The van der Waals surface area contributed by atoms with Gasteiger partial charge in [-0.05, 0) is 36.4 Å². The van der Waals surface area contributed by atoms with Gasteiger partial charge >= 0.3 is 0 Å². The second kappa shape index (κ2) is 8.97. The van der Waals surface area contributed by atoms with Crippen LogP contribution in [0.4, 0.5) is 17.1 Å². The summed E-state index contributed by atoms with van der Waals surface area (Å²) in [6, 6.07) is 19.9. The molecule has 0 atom stereocenters. The SMILES string of the molecule is O=C(Nc1cccc(-c2nc3ccccc3s2)c1)c1ccc(N2CCOCC2)c([N+](=O)[O-])c1. The largest absolute Gasteiger partial charge is 0.378 e. The molecule has 0 unspecified atom stereocenters. The number of rotatable bonds is 5. The van der Waals surface area contributed by atoms with Crippen LogP contribution < -0.4 is 10.2 Å². The number of para-hydroxylation sites is 1. The summed E-state index contributed by atoms with van der Waals surface area (Å²) in [7, 11) is 0. The van der Waals surface area contributed by atoms with Gasteiger partial charge in [0.05, 0.1) is 28.4 Å². The van der Waals surface area contributed by atoms with Gasteiger partial charge in [0.15, 0.2) is 0 Å². The van der Waals surface area contributed by atoms with E-state index in [0.29, 0.717) is 37.7 Å². The lowest BCUT2D eigenvalue weighted by atomic mass is 10.1. The molecule has 166 valence electrons. The second-order valence-electron chi connectivity index (χ2n) is 7.58. The summed E-state index contributed by atoms with van der Waals surface area (Å²) in [5.41, 5.74) is 3.05. The smallest absolute Gasteiger partial charge is 0.293 e. The minimum absolute atomic E-state index is 0.0900. The molecule has 1 saturated heterocycles. The third kappa shape index (κ3) is 4.41. The third-order valence-electron chi connectivity index (χ3n) is 5.45. The number of fused-ring (bicyclic) bond motifs is 1. The summed E-state index contributed by atoms with van der Waals surface area (Å²) in [5, 5.41) is 15.4. The molecule has 2 heterocycles. The van der Waals surface area contributed by atoms with Gasteiger partial charge in [0.25, 0.3) is 11.6 Å². The number of nitro benzene ring substituents is 1. The molecule has 33 heavy (non-hydrogen) atoms.